The number of rotatable bonds is 3. The molecule has 0 saturated heterocycles. The maximum Gasteiger partial charge on any atom is 0.345 e. The summed E-state index contributed by atoms with van der Waals surface area (Å²) in [5.41, 5.74) is 0. The molecule has 1 amide bonds. The Balaban J connectivity index is 2.74. The normalized spacial score (nSPS) is 9.23. The van der Waals surface area contributed by atoms with Crippen molar-refractivity contribution in [2.45, 2.75) is 0 Å². The molecule has 6 nitrogen and oxygen atoms in total. The predicted octanol–water partition coefficient (Wildman–Crippen LogP) is 1.18. The number of aromatic nitrogens is 1. The molecule has 0 aliphatic rings. The number of nitrogens with zero attached hydrogens (tertiary/aromatic N) is 2. The maximum absolute atomic E-state index is 10.7. The van der Waals surface area contributed by atoms with Gasteiger partial charge in [-0.3, -0.25) is 20.2 Å². The summed E-state index contributed by atoms with van der Waals surface area (Å²) in [6, 6.07) is 0. The highest BCUT2D eigenvalue weighted by molar-refractivity contribution is 7.18. The van der Waals surface area contributed by atoms with Crippen LogP contribution in [0.15, 0.2) is 18.9 Å². The van der Waals surface area contributed by atoms with Crippen LogP contribution >= 0.6 is 11.3 Å². The van der Waals surface area contributed by atoms with E-state index in [-0.39, 0.29) is 10.1 Å². The van der Waals surface area contributed by atoms with Gasteiger partial charge in [-0.2, -0.15) is 0 Å². The lowest BCUT2D eigenvalue weighted by Gasteiger charge is -1.91. The van der Waals surface area contributed by atoms with E-state index in [0.29, 0.717) is 0 Å². The highest BCUT2D eigenvalue weighted by Crippen LogP contribution is 2.24. The number of nitro groups is 1. The van der Waals surface area contributed by atoms with E-state index in [1.54, 1.807) is 0 Å². The van der Waals surface area contributed by atoms with Gasteiger partial charge in [-0.25, -0.2) is 4.98 Å². The zero-order valence-electron chi connectivity index (χ0n) is 6.39. The third kappa shape index (κ3) is 2.34. The van der Waals surface area contributed by atoms with Gasteiger partial charge in [0.2, 0.25) is 5.91 Å². The Labute approximate surface area is 77.1 Å². The summed E-state index contributed by atoms with van der Waals surface area (Å²) in [6.07, 6.45) is 2.15. The fourth-order valence-electron chi connectivity index (χ4n) is 0.564. The van der Waals surface area contributed by atoms with E-state index in [1.165, 1.54) is 0 Å². The van der Waals surface area contributed by atoms with Crippen molar-refractivity contribution in [2.24, 2.45) is 0 Å². The zero-order valence-corrected chi connectivity index (χ0v) is 7.21. The minimum atomic E-state index is -0.568. The van der Waals surface area contributed by atoms with E-state index < -0.39 is 10.8 Å². The van der Waals surface area contributed by atoms with E-state index >= 15 is 0 Å². The molecule has 1 N–H and O–H groups in total. The number of anilines is 1. The Kier molecular flexibility index (Phi) is 2.70. The summed E-state index contributed by atoms with van der Waals surface area (Å²) >= 11 is 0.795. The second-order valence-electron chi connectivity index (χ2n) is 1.95. The predicted molar refractivity (Wildman–Crippen MR) is 47.6 cm³/mol. The van der Waals surface area contributed by atoms with Crippen LogP contribution in [0.25, 0.3) is 0 Å². The molecule has 0 spiro atoms. The lowest BCUT2D eigenvalue weighted by Crippen LogP contribution is -2.06. The Morgan fingerprint density at radius 1 is 1.85 bits per heavy atom. The van der Waals surface area contributed by atoms with Crippen LogP contribution in [0.3, 0.4) is 0 Å². The fourth-order valence-corrected chi connectivity index (χ4v) is 1.20. The van der Waals surface area contributed by atoms with Crippen LogP contribution in [-0.4, -0.2) is 15.8 Å². The van der Waals surface area contributed by atoms with E-state index in [1.807, 2.05) is 0 Å². The van der Waals surface area contributed by atoms with Crippen LogP contribution in [-0.2, 0) is 4.79 Å². The number of thiazole rings is 1. The van der Waals surface area contributed by atoms with Crippen molar-refractivity contribution in [1.82, 2.24) is 4.98 Å². The molecule has 1 aromatic rings. The van der Waals surface area contributed by atoms with Crippen molar-refractivity contribution < 1.29 is 9.72 Å². The quantitative estimate of drug-likeness (QED) is 0.450. The molecule has 0 bridgehead atoms. The molecule has 0 aromatic carbocycles. The maximum atomic E-state index is 10.7. The lowest BCUT2D eigenvalue weighted by atomic mass is 10.6. The van der Waals surface area contributed by atoms with E-state index in [4.69, 9.17) is 0 Å². The lowest BCUT2D eigenvalue weighted by molar-refractivity contribution is -0.380. The first-order chi connectivity index (χ1) is 6.13. The molecule has 0 saturated carbocycles. The molecule has 0 aliphatic carbocycles. The van der Waals surface area contributed by atoms with Gasteiger partial charge in [-0.1, -0.05) is 6.58 Å². The van der Waals surface area contributed by atoms with Gasteiger partial charge in [0.05, 0.1) is 4.92 Å². The average molecular weight is 199 g/mol. The second kappa shape index (κ2) is 3.76. The minimum Gasteiger partial charge on any atom is -0.298 e. The number of hydrogen-bond donors (Lipinski definition) is 1. The van der Waals surface area contributed by atoms with E-state index in [9.17, 15) is 14.9 Å². The van der Waals surface area contributed by atoms with Gasteiger partial charge in [-0.05, 0) is 17.4 Å². The van der Waals surface area contributed by atoms with Crippen molar-refractivity contribution in [3.05, 3.63) is 29.0 Å². The minimum absolute atomic E-state index is 0.112. The van der Waals surface area contributed by atoms with Crippen LogP contribution in [0.5, 0.6) is 0 Å². The standard InChI is InChI=1S/C6H5N3O3S/c1-2-4(10)8-6-7-3-5(13-6)9(11)12/h2-3H,1H2,(H,7,8,10). The molecule has 0 unspecified atom stereocenters. The van der Waals surface area contributed by atoms with E-state index in [2.05, 4.69) is 16.9 Å². The molecule has 0 atom stereocenters. The first kappa shape index (κ1) is 9.33. The third-order valence-electron chi connectivity index (χ3n) is 1.09. The molecular formula is C6H5N3O3S. The number of carbonyl (C=O) groups excluding carboxylic acids is 1. The molecule has 1 aromatic heterocycles. The van der Waals surface area contributed by atoms with Gasteiger partial charge in [0, 0.05) is 0 Å². The molecule has 0 radical (unpaired) electrons. The molecule has 13 heavy (non-hydrogen) atoms. The smallest absolute Gasteiger partial charge is 0.298 e. The first-order valence-electron chi connectivity index (χ1n) is 3.17. The van der Waals surface area contributed by atoms with Gasteiger partial charge >= 0.3 is 5.00 Å². The van der Waals surface area contributed by atoms with Gasteiger partial charge in [-0.15, -0.1) is 0 Å². The molecule has 0 fully saturated rings. The zero-order chi connectivity index (χ0) is 9.84. The third-order valence-corrected chi connectivity index (χ3v) is 1.95. The molecule has 0 aliphatic heterocycles. The van der Waals surface area contributed by atoms with Gasteiger partial charge in [0.15, 0.2) is 5.13 Å². The number of carbonyl (C=O) groups is 1. The van der Waals surface area contributed by atoms with Crippen LogP contribution in [0.2, 0.25) is 0 Å². The van der Waals surface area contributed by atoms with Gasteiger partial charge < -0.3 is 0 Å². The Morgan fingerprint density at radius 2 is 2.54 bits per heavy atom. The Morgan fingerprint density at radius 3 is 3.00 bits per heavy atom. The van der Waals surface area contributed by atoms with Crippen molar-refractivity contribution in [2.75, 3.05) is 5.32 Å². The van der Waals surface area contributed by atoms with Gasteiger partial charge in [0.25, 0.3) is 0 Å². The summed E-state index contributed by atoms with van der Waals surface area (Å²) in [5, 5.41) is 12.6. The van der Waals surface area contributed by atoms with Crippen molar-refractivity contribution in [3.8, 4) is 0 Å². The Bertz CT molecular complexity index is 360. The fraction of sp³-hybridized carbons (Fsp3) is 0. The number of hydrogen-bond acceptors (Lipinski definition) is 5. The number of amides is 1. The summed E-state index contributed by atoms with van der Waals surface area (Å²) in [4.78, 5) is 24.0. The van der Waals surface area contributed by atoms with Crippen LogP contribution in [0.4, 0.5) is 10.1 Å². The monoisotopic (exact) mass is 199 g/mol. The molecule has 1 rings (SSSR count). The summed E-state index contributed by atoms with van der Waals surface area (Å²) in [6.45, 7) is 3.23. The molecule has 68 valence electrons. The highest BCUT2D eigenvalue weighted by Gasteiger charge is 2.11. The molecular weight excluding hydrogens is 194 g/mol. The summed E-state index contributed by atoms with van der Waals surface area (Å²) in [7, 11) is 0. The molecule has 7 heteroatoms. The SMILES string of the molecule is C=CC(=O)Nc1ncc([N+](=O)[O-])s1. The summed E-state index contributed by atoms with van der Waals surface area (Å²) < 4.78 is 0. The largest absolute Gasteiger partial charge is 0.345 e. The summed E-state index contributed by atoms with van der Waals surface area (Å²) in [5.74, 6) is -0.441. The molecule has 1 heterocycles. The topological polar surface area (TPSA) is 85.1 Å². The second-order valence-corrected chi connectivity index (χ2v) is 2.96. The van der Waals surface area contributed by atoms with Crippen LogP contribution < -0.4 is 5.32 Å². The van der Waals surface area contributed by atoms with Crippen molar-refractivity contribution in [3.63, 3.8) is 0 Å². The van der Waals surface area contributed by atoms with Gasteiger partial charge in [0.1, 0.15) is 6.20 Å². The van der Waals surface area contributed by atoms with Crippen molar-refractivity contribution in [1.29, 1.82) is 0 Å². The first-order valence-corrected chi connectivity index (χ1v) is 3.99. The Hall–Kier alpha value is -1.76. The highest BCUT2D eigenvalue weighted by atomic mass is 32.1. The van der Waals surface area contributed by atoms with Crippen molar-refractivity contribution >= 4 is 27.4 Å². The van der Waals surface area contributed by atoms with E-state index in [0.717, 1.165) is 23.6 Å². The average Bonchev–Trinajstić information content (AvgIpc) is 2.52. The van der Waals surface area contributed by atoms with Crippen LogP contribution in [0.1, 0.15) is 0 Å². The number of nitrogens with one attached hydrogen (secondary N) is 1. The van der Waals surface area contributed by atoms with Crippen LogP contribution in [0, 0.1) is 10.1 Å².